The van der Waals surface area contributed by atoms with Crippen LogP contribution in [0.3, 0.4) is 0 Å². The van der Waals surface area contributed by atoms with Gasteiger partial charge in [-0.1, -0.05) is 18.1 Å². The molecule has 0 unspecified atom stereocenters. The Morgan fingerprint density at radius 3 is 2.29 bits per heavy atom. The highest BCUT2D eigenvalue weighted by atomic mass is 19.4. The molecule has 1 aliphatic rings. The van der Waals surface area contributed by atoms with E-state index >= 15 is 0 Å². The summed E-state index contributed by atoms with van der Waals surface area (Å²) in [4.78, 5) is 16.4. The summed E-state index contributed by atoms with van der Waals surface area (Å²) < 4.78 is 41.0. The van der Waals surface area contributed by atoms with E-state index in [0.29, 0.717) is 24.3 Å². The lowest BCUT2D eigenvalue weighted by Gasteiger charge is -2.33. The Balaban J connectivity index is 1.73. The number of likely N-dealkylation sites (N-methyl/N-ethyl adjacent to an activating group) is 1. The predicted molar refractivity (Wildman–Crippen MR) is 116 cm³/mol. The first kappa shape index (κ1) is 22.7. The maximum atomic E-state index is 13.7. The summed E-state index contributed by atoms with van der Waals surface area (Å²) in [6.07, 6.45) is 0.909. The number of hydrogen-bond acceptors (Lipinski definition) is 3. The number of piperazine rings is 1. The van der Waals surface area contributed by atoms with Crippen molar-refractivity contribution < 1.29 is 18.0 Å². The topological polar surface area (TPSA) is 47.6 Å². The molecule has 1 heterocycles. The highest BCUT2D eigenvalue weighted by Gasteiger charge is 2.34. The van der Waals surface area contributed by atoms with E-state index in [9.17, 15) is 18.0 Å². The Labute approximate surface area is 180 Å². The van der Waals surface area contributed by atoms with Crippen molar-refractivity contribution in [1.29, 1.82) is 0 Å². The molecule has 0 saturated carbocycles. The number of amides is 2. The van der Waals surface area contributed by atoms with Gasteiger partial charge >= 0.3 is 12.2 Å². The molecule has 2 aromatic carbocycles. The average Bonchev–Trinajstić information content (AvgIpc) is 2.71. The van der Waals surface area contributed by atoms with Gasteiger partial charge in [0.15, 0.2) is 0 Å². The van der Waals surface area contributed by atoms with Crippen molar-refractivity contribution in [1.82, 2.24) is 9.80 Å². The van der Waals surface area contributed by atoms with Crippen LogP contribution in [-0.2, 0) is 12.7 Å². The number of benzene rings is 2. The second-order valence-corrected chi connectivity index (χ2v) is 7.70. The molecule has 1 saturated heterocycles. The summed E-state index contributed by atoms with van der Waals surface area (Å²) in [5.41, 5.74) is 1.49. The summed E-state index contributed by atoms with van der Waals surface area (Å²) in [6.45, 7) is 5.14. The Bertz CT molecular complexity index is 989. The number of urea groups is 1. The first-order valence-electron chi connectivity index (χ1n) is 9.92. The van der Waals surface area contributed by atoms with Gasteiger partial charge in [0.2, 0.25) is 0 Å². The van der Waals surface area contributed by atoms with E-state index in [0.717, 1.165) is 24.7 Å². The Morgan fingerprint density at radius 2 is 1.68 bits per heavy atom. The van der Waals surface area contributed by atoms with Crippen molar-refractivity contribution in [2.75, 3.05) is 43.9 Å². The molecule has 0 bridgehead atoms. The smallest absolute Gasteiger partial charge is 0.308 e. The number of nitrogens with one attached hydrogen (secondary N) is 2. The average molecular weight is 430 g/mol. The third kappa shape index (κ3) is 6.00. The van der Waals surface area contributed by atoms with Gasteiger partial charge in [0.25, 0.3) is 0 Å². The highest BCUT2D eigenvalue weighted by Crippen LogP contribution is 2.34. The van der Waals surface area contributed by atoms with E-state index in [-0.39, 0.29) is 17.8 Å². The third-order valence-electron chi connectivity index (χ3n) is 5.31. The molecular formula is C23H25F3N4O. The first-order chi connectivity index (χ1) is 14.7. The van der Waals surface area contributed by atoms with Gasteiger partial charge in [-0.15, -0.1) is 6.42 Å². The van der Waals surface area contributed by atoms with Crippen LogP contribution in [0.25, 0.3) is 0 Å². The number of rotatable bonds is 4. The van der Waals surface area contributed by atoms with Crippen molar-refractivity contribution >= 4 is 17.4 Å². The molecule has 2 N–H and O–H groups in total. The van der Waals surface area contributed by atoms with E-state index in [1.807, 2.05) is 18.9 Å². The lowest BCUT2D eigenvalue weighted by Crippen LogP contribution is -2.44. The van der Waals surface area contributed by atoms with Crippen LogP contribution in [-0.4, -0.2) is 49.1 Å². The lowest BCUT2D eigenvalue weighted by atomic mass is 10.0. The van der Waals surface area contributed by atoms with Crippen LogP contribution in [0.2, 0.25) is 0 Å². The number of alkyl halides is 3. The lowest BCUT2D eigenvalue weighted by molar-refractivity contribution is -0.138. The molecule has 3 rings (SSSR count). The Hall–Kier alpha value is -3.02. The van der Waals surface area contributed by atoms with Crippen molar-refractivity contribution in [3.05, 3.63) is 58.7 Å². The summed E-state index contributed by atoms with van der Waals surface area (Å²) in [5, 5.41) is 5.06. The minimum atomic E-state index is -4.52. The molecule has 0 aliphatic carbocycles. The molecule has 2 amide bonds. The molecule has 1 fully saturated rings. The molecular weight excluding hydrogens is 405 g/mol. The highest BCUT2D eigenvalue weighted by molar-refractivity contribution is 6.00. The van der Waals surface area contributed by atoms with Gasteiger partial charge in [-0.25, -0.2) is 4.79 Å². The number of anilines is 2. The number of aryl methyl sites for hydroxylation is 1. The largest absolute Gasteiger partial charge is 0.416 e. The molecule has 0 aromatic heterocycles. The van der Waals surface area contributed by atoms with Crippen LogP contribution < -0.4 is 10.6 Å². The summed E-state index contributed by atoms with van der Waals surface area (Å²) in [7, 11) is 1.99. The molecule has 2 aromatic rings. The monoisotopic (exact) mass is 430 g/mol. The van der Waals surface area contributed by atoms with E-state index in [4.69, 9.17) is 6.42 Å². The summed E-state index contributed by atoms with van der Waals surface area (Å²) in [5.74, 6) is 2.52. The Morgan fingerprint density at radius 1 is 1.06 bits per heavy atom. The minimum absolute atomic E-state index is 0.0660. The zero-order valence-electron chi connectivity index (χ0n) is 17.5. The van der Waals surface area contributed by atoms with Gasteiger partial charge in [-0.2, -0.15) is 13.2 Å². The number of hydrogen-bond donors (Lipinski definition) is 2. The quantitative estimate of drug-likeness (QED) is 0.708. The summed E-state index contributed by atoms with van der Waals surface area (Å²) in [6, 6.07) is 8.32. The molecule has 5 nitrogen and oxygen atoms in total. The predicted octanol–water partition coefficient (Wildman–Crippen LogP) is 4.39. The van der Waals surface area contributed by atoms with Gasteiger partial charge in [-0.3, -0.25) is 4.90 Å². The molecule has 164 valence electrons. The normalized spacial score (nSPS) is 15.4. The SMILES string of the molecule is C#Cc1cc(NC(=O)Nc2ccc(CN3CCN(C)CC3)c(C(F)(F)F)c2)ccc1C. The van der Waals surface area contributed by atoms with Gasteiger partial charge in [0.1, 0.15) is 0 Å². The van der Waals surface area contributed by atoms with Crippen molar-refractivity contribution in [2.45, 2.75) is 19.6 Å². The van der Waals surface area contributed by atoms with E-state index in [2.05, 4.69) is 21.5 Å². The van der Waals surface area contributed by atoms with Crippen molar-refractivity contribution in [2.24, 2.45) is 0 Å². The van der Waals surface area contributed by atoms with Crippen molar-refractivity contribution in [3.63, 3.8) is 0 Å². The van der Waals surface area contributed by atoms with Gasteiger partial charge in [0.05, 0.1) is 5.56 Å². The summed E-state index contributed by atoms with van der Waals surface area (Å²) >= 11 is 0. The number of nitrogens with zero attached hydrogens (tertiary/aromatic N) is 2. The van der Waals surface area contributed by atoms with Crippen LogP contribution in [0.1, 0.15) is 22.3 Å². The fourth-order valence-electron chi connectivity index (χ4n) is 3.45. The maximum absolute atomic E-state index is 13.7. The van der Waals surface area contributed by atoms with Crippen LogP contribution in [0.15, 0.2) is 36.4 Å². The van der Waals surface area contributed by atoms with Gasteiger partial charge in [-0.05, 0) is 49.4 Å². The molecule has 0 atom stereocenters. The minimum Gasteiger partial charge on any atom is -0.308 e. The zero-order chi connectivity index (χ0) is 22.6. The van der Waals surface area contributed by atoms with Crippen LogP contribution in [0, 0.1) is 19.3 Å². The van der Waals surface area contributed by atoms with Gasteiger partial charge in [0, 0.05) is 49.7 Å². The van der Waals surface area contributed by atoms with Crippen LogP contribution in [0.4, 0.5) is 29.3 Å². The number of halogens is 3. The number of carbonyl (C=O) groups is 1. The van der Waals surface area contributed by atoms with E-state index in [1.54, 1.807) is 18.2 Å². The first-order valence-corrected chi connectivity index (χ1v) is 9.92. The van der Waals surface area contributed by atoms with Crippen LogP contribution in [0.5, 0.6) is 0 Å². The number of carbonyl (C=O) groups excluding carboxylic acids is 1. The molecule has 1 aliphatic heterocycles. The second-order valence-electron chi connectivity index (χ2n) is 7.70. The third-order valence-corrected chi connectivity index (χ3v) is 5.31. The number of terminal acetylenes is 1. The van der Waals surface area contributed by atoms with Crippen LogP contribution >= 0.6 is 0 Å². The maximum Gasteiger partial charge on any atom is 0.416 e. The molecule has 0 radical (unpaired) electrons. The molecule has 0 spiro atoms. The Kier molecular flexibility index (Phi) is 6.88. The van der Waals surface area contributed by atoms with Gasteiger partial charge < -0.3 is 15.5 Å². The van der Waals surface area contributed by atoms with E-state index in [1.165, 1.54) is 12.1 Å². The standard InChI is InChI=1S/C23H25F3N4O/c1-4-17-13-19(7-5-16(17)2)27-22(31)28-20-8-6-18(21(14-20)23(24,25)26)15-30-11-9-29(3)10-12-30/h1,5-8,13-14H,9-12,15H2,2-3H3,(H2,27,28,31). The second kappa shape index (κ2) is 9.41. The molecule has 31 heavy (non-hydrogen) atoms. The fourth-order valence-corrected chi connectivity index (χ4v) is 3.45. The van der Waals surface area contributed by atoms with Crippen molar-refractivity contribution in [3.8, 4) is 12.3 Å². The zero-order valence-corrected chi connectivity index (χ0v) is 17.5. The molecule has 8 heteroatoms. The van der Waals surface area contributed by atoms with E-state index < -0.39 is 17.8 Å². The fraction of sp³-hybridized carbons (Fsp3) is 0.348.